The molecule has 2 rings (SSSR count). The number of benzene rings is 1. The number of carbonyl (C=O) groups is 2. The van der Waals surface area contributed by atoms with Gasteiger partial charge >= 0.3 is 5.97 Å². The molecule has 1 aliphatic heterocycles. The van der Waals surface area contributed by atoms with E-state index in [-0.39, 0.29) is 35.0 Å². The summed E-state index contributed by atoms with van der Waals surface area (Å²) in [7, 11) is 0. The molecule has 1 unspecified atom stereocenters. The fourth-order valence-corrected chi connectivity index (χ4v) is 3.67. The molecule has 0 aliphatic carbocycles. The quantitative estimate of drug-likeness (QED) is 0.379. The molecule has 1 fully saturated rings. The topological polar surface area (TPSA) is 93.0 Å². The Morgan fingerprint density at radius 3 is 2.40 bits per heavy atom. The highest BCUT2D eigenvalue weighted by Crippen LogP contribution is 2.32. The summed E-state index contributed by atoms with van der Waals surface area (Å²) in [5.74, 6) is -0.661. The normalized spacial score (nSPS) is 16.1. The zero-order chi connectivity index (χ0) is 22.5. The molecule has 1 atom stereocenters. The second-order valence-corrected chi connectivity index (χ2v) is 8.82. The largest absolute Gasteiger partial charge is 0.459 e. The van der Waals surface area contributed by atoms with Crippen LogP contribution in [0.4, 0.5) is 11.4 Å². The molecule has 8 heteroatoms. The van der Waals surface area contributed by atoms with E-state index in [0.29, 0.717) is 31.6 Å². The van der Waals surface area contributed by atoms with Gasteiger partial charge < -0.3 is 14.5 Å². The standard InChI is InChI=1S/C22H33N3O5/c1-6-16(2)24(15-20(26)30-22(3,4)5)21(27)17-11-13-23(14-12-17)18-9-7-8-10-19(18)25(28)29/h7-10,16-17H,6,11-15H2,1-5H3. The summed E-state index contributed by atoms with van der Waals surface area (Å²) in [5, 5.41) is 11.3. The van der Waals surface area contributed by atoms with Crippen molar-refractivity contribution in [2.24, 2.45) is 5.92 Å². The van der Waals surface area contributed by atoms with E-state index in [2.05, 4.69) is 0 Å². The lowest BCUT2D eigenvalue weighted by molar-refractivity contribution is -0.384. The summed E-state index contributed by atoms with van der Waals surface area (Å²) in [6.45, 7) is 10.4. The van der Waals surface area contributed by atoms with Crippen molar-refractivity contribution in [3.05, 3.63) is 34.4 Å². The van der Waals surface area contributed by atoms with Crippen LogP contribution in [-0.2, 0) is 14.3 Å². The van der Waals surface area contributed by atoms with E-state index in [0.717, 1.165) is 6.42 Å². The highest BCUT2D eigenvalue weighted by molar-refractivity contribution is 5.84. The monoisotopic (exact) mass is 419 g/mol. The van der Waals surface area contributed by atoms with E-state index in [1.807, 2.05) is 18.7 Å². The van der Waals surface area contributed by atoms with Crippen LogP contribution >= 0.6 is 0 Å². The van der Waals surface area contributed by atoms with Crippen LogP contribution in [-0.4, -0.2) is 53.0 Å². The second kappa shape index (κ2) is 9.91. The lowest BCUT2D eigenvalue weighted by atomic mass is 9.94. The van der Waals surface area contributed by atoms with Crippen LogP contribution in [0.1, 0.15) is 53.9 Å². The van der Waals surface area contributed by atoms with Gasteiger partial charge in [-0.1, -0.05) is 19.1 Å². The molecule has 0 saturated carbocycles. The summed E-state index contributed by atoms with van der Waals surface area (Å²) in [4.78, 5) is 40.1. The van der Waals surface area contributed by atoms with Crippen LogP contribution in [0, 0.1) is 16.0 Å². The molecule has 30 heavy (non-hydrogen) atoms. The van der Waals surface area contributed by atoms with E-state index < -0.39 is 11.6 Å². The molecule has 166 valence electrons. The van der Waals surface area contributed by atoms with E-state index in [1.165, 1.54) is 6.07 Å². The number of hydrogen-bond acceptors (Lipinski definition) is 6. The van der Waals surface area contributed by atoms with Gasteiger partial charge in [-0.25, -0.2) is 0 Å². The van der Waals surface area contributed by atoms with Gasteiger partial charge in [-0.05, 0) is 53.0 Å². The number of para-hydroxylation sites is 2. The number of esters is 1. The van der Waals surface area contributed by atoms with Gasteiger partial charge in [0.25, 0.3) is 5.69 Å². The van der Waals surface area contributed by atoms with Crippen molar-refractivity contribution < 1.29 is 19.2 Å². The number of hydrogen-bond donors (Lipinski definition) is 0. The second-order valence-electron chi connectivity index (χ2n) is 8.82. The number of nitro benzene ring substituents is 1. The number of anilines is 1. The molecule has 1 saturated heterocycles. The molecule has 1 aromatic carbocycles. The Morgan fingerprint density at radius 1 is 1.27 bits per heavy atom. The van der Waals surface area contributed by atoms with Crippen LogP contribution in [0.3, 0.4) is 0 Å². The molecule has 1 heterocycles. The molecule has 0 radical (unpaired) electrons. The van der Waals surface area contributed by atoms with E-state index in [9.17, 15) is 19.7 Å². The SMILES string of the molecule is CCC(C)N(CC(=O)OC(C)(C)C)C(=O)C1CCN(c2ccccc2[N+](=O)[O-])CC1. The van der Waals surface area contributed by atoms with Crippen LogP contribution in [0.5, 0.6) is 0 Å². The van der Waals surface area contributed by atoms with E-state index in [1.54, 1.807) is 43.9 Å². The molecule has 0 aromatic heterocycles. The van der Waals surface area contributed by atoms with Crippen molar-refractivity contribution in [2.45, 2.75) is 65.5 Å². The van der Waals surface area contributed by atoms with Gasteiger partial charge in [0.15, 0.2) is 0 Å². The van der Waals surface area contributed by atoms with Crippen LogP contribution < -0.4 is 4.90 Å². The van der Waals surface area contributed by atoms with Gasteiger partial charge in [0, 0.05) is 31.1 Å². The van der Waals surface area contributed by atoms with Crippen molar-refractivity contribution in [1.82, 2.24) is 4.90 Å². The van der Waals surface area contributed by atoms with Gasteiger partial charge in [-0.15, -0.1) is 0 Å². The highest BCUT2D eigenvalue weighted by Gasteiger charge is 2.33. The third kappa shape index (κ3) is 6.18. The minimum atomic E-state index is -0.600. The maximum Gasteiger partial charge on any atom is 0.326 e. The number of ether oxygens (including phenoxy) is 1. The predicted molar refractivity (Wildman–Crippen MR) is 115 cm³/mol. The number of amides is 1. The van der Waals surface area contributed by atoms with E-state index in [4.69, 9.17) is 4.74 Å². The minimum absolute atomic E-state index is 0.0441. The summed E-state index contributed by atoms with van der Waals surface area (Å²) in [5.41, 5.74) is 0.0612. The third-order valence-electron chi connectivity index (χ3n) is 5.39. The van der Waals surface area contributed by atoms with Crippen LogP contribution in [0.25, 0.3) is 0 Å². The van der Waals surface area contributed by atoms with Crippen molar-refractivity contribution in [1.29, 1.82) is 0 Å². The fraction of sp³-hybridized carbons (Fsp3) is 0.636. The molecular formula is C22H33N3O5. The predicted octanol–water partition coefficient (Wildman–Crippen LogP) is 3.78. The Labute approximate surface area is 178 Å². The van der Waals surface area contributed by atoms with Crippen LogP contribution in [0.2, 0.25) is 0 Å². The smallest absolute Gasteiger partial charge is 0.326 e. The molecule has 8 nitrogen and oxygen atoms in total. The Kier molecular flexibility index (Phi) is 7.81. The number of piperidine rings is 1. The Hall–Kier alpha value is -2.64. The maximum absolute atomic E-state index is 13.2. The third-order valence-corrected chi connectivity index (χ3v) is 5.39. The molecule has 0 bridgehead atoms. The first-order chi connectivity index (χ1) is 14.0. The summed E-state index contributed by atoms with van der Waals surface area (Å²) in [6, 6.07) is 6.61. The molecule has 1 aromatic rings. The van der Waals surface area contributed by atoms with Gasteiger partial charge in [-0.2, -0.15) is 0 Å². The van der Waals surface area contributed by atoms with Crippen molar-refractivity contribution in [2.75, 3.05) is 24.5 Å². The average molecular weight is 420 g/mol. The Balaban J connectivity index is 2.06. The first-order valence-corrected chi connectivity index (χ1v) is 10.5. The maximum atomic E-state index is 13.2. The summed E-state index contributed by atoms with van der Waals surface area (Å²) >= 11 is 0. The average Bonchev–Trinajstić information content (AvgIpc) is 2.69. The fourth-order valence-electron chi connectivity index (χ4n) is 3.67. The van der Waals surface area contributed by atoms with Gasteiger partial charge in [-0.3, -0.25) is 19.7 Å². The number of carbonyl (C=O) groups excluding carboxylic acids is 2. The van der Waals surface area contributed by atoms with Crippen molar-refractivity contribution >= 4 is 23.3 Å². The summed E-state index contributed by atoms with van der Waals surface area (Å²) < 4.78 is 5.41. The Bertz CT molecular complexity index is 766. The number of nitrogens with zero attached hydrogens (tertiary/aromatic N) is 3. The molecule has 0 spiro atoms. The number of rotatable bonds is 7. The van der Waals surface area contributed by atoms with E-state index >= 15 is 0 Å². The first kappa shape index (κ1) is 23.6. The Morgan fingerprint density at radius 2 is 1.87 bits per heavy atom. The van der Waals surface area contributed by atoms with Crippen molar-refractivity contribution in [3.63, 3.8) is 0 Å². The molecule has 0 N–H and O–H groups in total. The lowest BCUT2D eigenvalue weighted by Gasteiger charge is -2.37. The van der Waals surface area contributed by atoms with Gasteiger partial charge in [0.05, 0.1) is 4.92 Å². The molecular weight excluding hydrogens is 386 g/mol. The van der Waals surface area contributed by atoms with Crippen molar-refractivity contribution in [3.8, 4) is 0 Å². The number of nitro groups is 1. The lowest BCUT2D eigenvalue weighted by Crippen LogP contribution is -2.48. The zero-order valence-corrected chi connectivity index (χ0v) is 18.6. The molecule has 1 amide bonds. The van der Waals surface area contributed by atoms with Gasteiger partial charge in [0.2, 0.25) is 5.91 Å². The van der Waals surface area contributed by atoms with Gasteiger partial charge in [0.1, 0.15) is 17.8 Å². The molecule has 1 aliphatic rings. The van der Waals surface area contributed by atoms with Crippen LogP contribution in [0.15, 0.2) is 24.3 Å². The highest BCUT2D eigenvalue weighted by atomic mass is 16.6. The first-order valence-electron chi connectivity index (χ1n) is 10.5. The summed E-state index contributed by atoms with van der Waals surface area (Å²) in [6.07, 6.45) is 1.92. The zero-order valence-electron chi connectivity index (χ0n) is 18.6. The minimum Gasteiger partial charge on any atom is -0.459 e.